The van der Waals surface area contributed by atoms with Crippen molar-refractivity contribution in [2.45, 2.75) is 6.43 Å². The van der Waals surface area contributed by atoms with Crippen molar-refractivity contribution in [3.63, 3.8) is 0 Å². The van der Waals surface area contributed by atoms with E-state index in [1.807, 2.05) is 0 Å². The molecule has 1 aromatic rings. The summed E-state index contributed by atoms with van der Waals surface area (Å²) in [7, 11) is 0. The smallest absolute Gasteiger partial charge is 0.281 e. The zero-order valence-electron chi connectivity index (χ0n) is 7.37. The fourth-order valence-corrected chi connectivity index (χ4v) is 1.02. The first kappa shape index (κ1) is 10.8. The molecule has 0 saturated carbocycles. The van der Waals surface area contributed by atoms with Crippen molar-refractivity contribution in [1.82, 2.24) is 4.98 Å². The number of carbonyl (C=O) groups excluding carboxylic acids is 1. The van der Waals surface area contributed by atoms with Gasteiger partial charge in [-0.3, -0.25) is 9.78 Å². The van der Waals surface area contributed by atoms with E-state index < -0.39 is 23.6 Å². The Labute approximate surface area is 83.3 Å². The fraction of sp³-hybridized carbons (Fsp3) is 0.125. The van der Waals surface area contributed by atoms with Gasteiger partial charge in [0.25, 0.3) is 12.3 Å². The van der Waals surface area contributed by atoms with Crippen molar-refractivity contribution >= 4 is 11.6 Å². The lowest BCUT2D eigenvalue weighted by Crippen LogP contribution is -2.16. The third-order valence-corrected chi connectivity index (χ3v) is 1.73. The van der Waals surface area contributed by atoms with E-state index in [9.17, 15) is 13.6 Å². The van der Waals surface area contributed by atoms with Gasteiger partial charge in [-0.1, -0.05) is 0 Å². The third kappa shape index (κ3) is 1.83. The first-order valence-electron chi connectivity index (χ1n) is 3.75. The highest BCUT2D eigenvalue weighted by molar-refractivity contribution is 5.98. The molecule has 1 amide bonds. The van der Waals surface area contributed by atoms with E-state index in [-0.39, 0.29) is 11.3 Å². The molecule has 0 aliphatic rings. The van der Waals surface area contributed by atoms with E-state index in [0.29, 0.717) is 0 Å². The van der Waals surface area contributed by atoms with Crippen molar-refractivity contribution in [3.8, 4) is 6.07 Å². The lowest BCUT2D eigenvalue weighted by Gasteiger charge is -2.07. The van der Waals surface area contributed by atoms with Gasteiger partial charge in [0.2, 0.25) is 0 Å². The highest BCUT2D eigenvalue weighted by Gasteiger charge is 2.20. The first-order valence-corrected chi connectivity index (χ1v) is 3.75. The zero-order chi connectivity index (χ0) is 11.6. The molecule has 1 rings (SSSR count). The summed E-state index contributed by atoms with van der Waals surface area (Å²) in [4.78, 5) is 14.1. The highest BCUT2D eigenvalue weighted by Crippen LogP contribution is 2.26. The first-order chi connectivity index (χ1) is 6.99. The molecule has 0 atom stereocenters. The molecule has 0 fully saturated rings. The van der Waals surface area contributed by atoms with Crippen molar-refractivity contribution in [1.29, 1.82) is 5.26 Å². The number of rotatable bonds is 2. The van der Waals surface area contributed by atoms with Gasteiger partial charge in [0.1, 0.15) is 17.3 Å². The Hall–Kier alpha value is -2.23. The minimum Gasteiger partial charge on any atom is -0.397 e. The van der Waals surface area contributed by atoms with E-state index in [2.05, 4.69) is 4.98 Å². The molecular weight excluding hydrogens is 206 g/mol. The van der Waals surface area contributed by atoms with Crippen molar-refractivity contribution in [2.24, 2.45) is 5.73 Å². The molecule has 1 heterocycles. The van der Waals surface area contributed by atoms with E-state index >= 15 is 0 Å². The summed E-state index contributed by atoms with van der Waals surface area (Å²) in [5, 5.41) is 8.60. The van der Waals surface area contributed by atoms with Crippen LogP contribution < -0.4 is 11.5 Å². The highest BCUT2D eigenvalue weighted by atomic mass is 19.3. The Morgan fingerprint density at radius 3 is 2.60 bits per heavy atom. The van der Waals surface area contributed by atoms with Crippen LogP contribution in [0, 0.1) is 11.3 Å². The van der Waals surface area contributed by atoms with E-state index in [4.69, 9.17) is 16.7 Å². The van der Waals surface area contributed by atoms with E-state index in [0.717, 1.165) is 6.20 Å². The molecule has 0 spiro atoms. The number of carbonyl (C=O) groups is 1. The second-order valence-electron chi connectivity index (χ2n) is 2.62. The second kappa shape index (κ2) is 3.88. The van der Waals surface area contributed by atoms with Crippen molar-refractivity contribution in [3.05, 3.63) is 23.0 Å². The van der Waals surface area contributed by atoms with E-state index in [1.165, 1.54) is 6.07 Å². The fourth-order valence-electron chi connectivity index (χ4n) is 1.02. The predicted molar refractivity (Wildman–Crippen MR) is 46.8 cm³/mol. The molecule has 0 aliphatic carbocycles. The largest absolute Gasteiger partial charge is 0.397 e. The monoisotopic (exact) mass is 212 g/mol. The van der Waals surface area contributed by atoms with Crippen LogP contribution in [0.25, 0.3) is 0 Å². The van der Waals surface area contributed by atoms with Crippen LogP contribution >= 0.6 is 0 Å². The minimum absolute atomic E-state index is 0.240. The van der Waals surface area contributed by atoms with Crippen LogP contribution in [-0.4, -0.2) is 10.9 Å². The van der Waals surface area contributed by atoms with Crippen LogP contribution in [-0.2, 0) is 0 Å². The van der Waals surface area contributed by atoms with Crippen molar-refractivity contribution < 1.29 is 13.6 Å². The van der Waals surface area contributed by atoms with Crippen LogP contribution in [0.4, 0.5) is 14.5 Å². The van der Waals surface area contributed by atoms with Crippen LogP contribution in [0.1, 0.15) is 28.0 Å². The summed E-state index contributed by atoms with van der Waals surface area (Å²) < 4.78 is 24.7. The van der Waals surface area contributed by atoms with Gasteiger partial charge in [-0.2, -0.15) is 5.26 Å². The van der Waals surface area contributed by atoms with Gasteiger partial charge < -0.3 is 11.5 Å². The number of primary amides is 1. The maximum atomic E-state index is 12.3. The number of hydrogen-bond acceptors (Lipinski definition) is 4. The summed E-state index contributed by atoms with van der Waals surface area (Å²) in [6.45, 7) is 0. The van der Waals surface area contributed by atoms with Gasteiger partial charge in [0.05, 0.1) is 11.3 Å². The number of nitrogens with two attached hydrogens (primary N) is 2. The lowest BCUT2D eigenvalue weighted by molar-refractivity contribution is 0.1000. The molecule has 0 saturated heterocycles. The number of alkyl halides is 2. The average Bonchev–Trinajstić information content (AvgIpc) is 2.16. The molecule has 1 aromatic heterocycles. The Morgan fingerprint density at radius 2 is 2.20 bits per heavy atom. The topological polar surface area (TPSA) is 106 Å². The Balaban J connectivity index is 3.48. The molecule has 0 unspecified atom stereocenters. The molecular formula is C8H6F2N4O. The lowest BCUT2D eigenvalue weighted by atomic mass is 10.1. The standard InChI is InChI=1S/C8H6F2N4O/c9-7(10)6-3(1-11)5(12)4(2-14-6)8(13)15/h2,7H,(H2,12,14)(H2,13,15). The number of hydrogen-bond donors (Lipinski definition) is 2. The van der Waals surface area contributed by atoms with Gasteiger partial charge in [-0.05, 0) is 0 Å². The summed E-state index contributed by atoms with van der Waals surface area (Å²) in [5.74, 6) is -0.919. The van der Waals surface area contributed by atoms with Gasteiger partial charge in [-0.15, -0.1) is 0 Å². The molecule has 78 valence electrons. The normalized spacial score (nSPS) is 10.0. The number of amides is 1. The summed E-state index contributed by atoms with van der Waals surface area (Å²) >= 11 is 0. The molecule has 0 aliphatic heterocycles. The second-order valence-corrected chi connectivity index (χ2v) is 2.62. The molecule has 15 heavy (non-hydrogen) atoms. The van der Waals surface area contributed by atoms with Crippen LogP contribution in [0.2, 0.25) is 0 Å². The Kier molecular flexibility index (Phi) is 2.80. The van der Waals surface area contributed by atoms with Gasteiger partial charge in [0.15, 0.2) is 0 Å². The summed E-state index contributed by atoms with van der Waals surface area (Å²) in [5.41, 5.74) is 8.38. The average molecular weight is 212 g/mol. The summed E-state index contributed by atoms with van der Waals surface area (Å²) in [6.07, 6.45) is -2.09. The molecule has 5 nitrogen and oxygen atoms in total. The van der Waals surface area contributed by atoms with Crippen LogP contribution in [0.15, 0.2) is 6.20 Å². The van der Waals surface area contributed by atoms with Crippen LogP contribution in [0.3, 0.4) is 0 Å². The maximum absolute atomic E-state index is 12.3. The number of pyridine rings is 1. The summed E-state index contributed by atoms with van der Waals surface area (Å²) in [6, 6.07) is 1.47. The predicted octanol–water partition coefficient (Wildman–Crippen LogP) is 0.572. The Morgan fingerprint density at radius 1 is 1.60 bits per heavy atom. The molecule has 7 heteroatoms. The SMILES string of the molecule is N#Cc1c(C(F)F)ncc(C(N)=O)c1N. The quantitative estimate of drug-likeness (QED) is 0.747. The molecule has 0 radical (unpaired) electrons. The number of nitrogen functional groups attached to an aromatic ring is 1. The van der Waals surface area contributed by atoms with Crippen LogP contribution in [0.5, 0.6) is 0 Å². The number of nitriles is 1. The molecule has 4 N–H and O–H groups in total. The van der Waals surface area contributed by atoms with Crippen molar-refractivity contribution in [2.75, 3.05) is 5.73 Å². The number of nitrogens with zero attached hydrogens (tertiary/aromatic N) is 2. The number of aromatic nitrogens is 1. The maximum Gasteiger partial charge on any atom is 0.281 e. The molecule has 0 aromatic carbocycles. The third-order valence-electron chi connectivity index (χ3n) is 1.73. The van der Waals surface area contributed by atoms with E-state index in [1.54, 1.807) is 0 Å². The van der Waals surface area contributed by atoms with Gasteiger partial charge >= 0.3 is 0 Å². The number of anilines is 1. The zero-order valence-corrected chi connectivity index (χ0v) is 7.37. The minimum atomic E-state index is -2.93. The Bertz CT molecular complexity index is 453. The number of halogens is 2. The van der Waals surface area contributed by atoms with Gasteiger partial charge in [-0.25, -0.2) is 8.78 Å². The van der Waals surface area contributed by atoms with Gasteiger partial charge in [0, 0.05) is 6.20 Å². The molecule has 0 bridgehead atoms.